The van der Waals surface area contributed by atoms with Crippen molar-refractivity contribution in [3.8, 4) is 5.75 Å². The quantitative estimate of drug-likeness (QED) is 0.899. The van der Waals surface area contributed by atoms with Crippen molar-refractivity contribution in [1.82, 2.24) is 10.6 Å². The highest BCUT2D eigenvalue weighted by molar-refractivity contribution is 7.12. The zero-order chi connectivity index (χ0) is 15.6. The van der Waals surface area contributed by atoms with Gasteiger partial charge in [-0.05, 0) is 23.3 Å². The van der Waals surface area contributed by atoms with Gasteiger partial charge >= 0.3 is 0 Å². The van der Waals surface area contributed by atoms with Gasteiger partial charge in [0, 0.05) is 6.42 Å². The standard InChI is InChI=1S/C15H22N2O3S/c1-15(2,3)13-9(5-6-11(18)17-13)16-14(19)12-10(20-4)7-8-21-12/h7-9,13H,5-6H2,1-4H3,(H,16,19)(H,17,18)/t9-,13-/m1/s1. The number of ether oxygens (including phenoxy) is 1. The Morgan fingerprint density at radius 1 is 1.48 bits per heavy atom. The third kappa shape index (κ3) is 3.56. The first-order chi connectivity index (χ1) is 9.82. The Morgan fingerprint density at radius 2 is 2.19 bits per heavy atom. The minimum atomic E-state index is -0.141. The summed E-state index contributed by atoms with van der Waals surface area (Å²) in [5, 5.41) is 7.89. The van der Waals surface area contributed by atoms with Crippen molar-refractivity contribution in [3.05, 3.63) is 16.3 Å². The molecular formula is C15H22N2O3S. The molecule has 1 aromatic rings. The summed E-state index contributed by atoms with van der Waals surface area (Å²) in [5.74, 6) is 0.496. The van der Waals surface area contributed by atoms with Crippen LogP contribution in [0.5, 0.6) is 5.75 Å². The summed E-state index contributed by atoms with van der Waals surface area (Å²) in [5.41, 5.74) is -0.117. The molecule has 0 spiro atoms. The molecule has 2 heterocycles. The van der Waals surface area contributed by atoms with Crippen LogP contribution >= 0.6 is 11.3 Å². The Hall–Kier alpha value is -1.56. The summed E-state index contributed by atoms with van der Waals surface area (Å²) >= 11 is 1.36. The van der Waals surface area contributed by atoms with Crippen molar-refractivity contribution in [1.29, 1.82) is 0 Å². The summed E-state index contributed by atoms with van der Waals surface area (Å²) in [6.07, 6.45) is 1.10. The van der Waals surface area contributed by atoms with Crippen molar-refractivity contribution in [2.45, 2.75) is 45.7 Å². The van der Waals surface area contributed by atoms with E-state index in [1.165, 1.54) is 11.3 Å². The van der Waals surface area contributed by atoms with E-state index in [9.17, 15) is 9.59 Å². The summed E-state index contributed by atoms with van der Waals surface area (Å²) in [4.78, 5) is 24.6. The van der Waals surface area contributed by atoms with E-state index < -0.39 is 0 Å². The first kappa shape index (κ1) is 15.8. The maximum Gasteiger partial charge on any atom is 0.265 e. The Balaban J connectivity index is 2.13. The molecule has 1 aliphatic heterocycles. The van der Waals surface area contributed by atoms with Crippen LogP contribution in [0, 0.1) is 5.41 Å². The molecule has 0 radical (unpaired) electrons. The fourth-order valence-corrected chi connectivity index (χ4v) is 3.39. The Morgan fingerprint density at radius 3 is 2.81 bits per heavy atom. The first-order valence-electron chi connectivity index (χ1n) is 7.04. The summed E-state index contributed by atoms with van der Waals surface area (Å²) in [6, 6.07) is 1.64. The lowest BCUT2D eigenvalue weighted by Crippen LogP contribution is -2.60. The van der Waals surface area contributed by atoms with Crippen molar-refractivity contribution >= 4 is 23.2 Å². The monoisotopic (exact) mass is 310 g/mol. The van der Waals surface area contributed by atoms with Crippen molar-refractivity contribution in [2.24, 2.45) is 5.41 Å². The highest BCUT2D eigenvalue weighted by atomic mass is 32.1. The number of carbonyl (C=O) groups excluding carboxylic acids is 2. The van der Waals surface area contributed by atoms with E-state index in [4.69, 9.17) is 4.74 Å². The molecule has 6 heteroatoms. The second-order valence-electron chi connectivity index (χ2n) is 6.35. The van der Waals surface area contributed by atoms with Crippen LogP contribution in [0.15, 0.2) is 11.4 Å². The third-order valence-corrected chi connectivity index (χ3v) is 4.60. The lowest BCUT2D eigenvalue weighted by Gasteiger charge is -2.40. The van der Waals surface area contributed by atoms with Crippen LogP contribution < -0.4 is 15.4 Å². The predicted octanol–water partition coefficient (Wildman–Crippen LogP) is 2.18. The van der Waals surface area contributed by atoms with Crippen LogP contribution in [0.4, 0.5) is 0 Å². The van der Waals surface area contributed by atoms with Gasteiger partial charge in [0.25, 0.3) is 5.91 Å². The zero-order valence-corrected chi connectivity index (χ0v) is 13.7. The molecule has 1 fully saturated rings. The van der Waals surface area contributed by atoms with Crippen LogP contribution in [0.2, 0.25) is 0 Å². The van der Waals surface area contributed by atoms with Crippen LogP contribution in [-0.4, -0.2) is 31.0 Å². The molecule has 2 atom stereocenters. The first-order valence-corrected chi connectivity index (χ1v) is 7.92. The topological polar surface area (TPSA) is 67.4 Å². The molecule has 21 heavy (non-hydrogen) atoms. The number of methoxy groups -OCH3 is 1. The fraction of sp³-hybridized carbons (Fsp3) is 0.600. The predicted molar refractivity (Wildman–Crippen MR) is 82.7 cm³/mol. The highest BCUT2D eigenvalue weighted by Crippen LogP contribution is 2.28. The molecular weight excluding hydrogens is 288 g/mol. The van der Waals surface area contributed by atoms with Crippen LogP contribution in [0.25, 0.3) is 0 Å². The van der Waals surface area contributed by atoms with Crippen LogP contribution in [0.1, 0.15) is 43.3 Å². The molecule has 0 bridgehead atoms. The average molecular weight is 310 g/mol. The van der Waals surface area contributed by atoms with E-state index in [-0.39, 0.29) is 29.3 Å². The van der Waals surface area contributed by atoms with Gasteiger partial charge in [-0.25, -0.2) is 0 Å². The maximum absolute atomic E-state index is 12.4. The van der Waals surface area contributed by atoms with Gasteiger partial charge in [0.15, 0.2) is 0 Å². The van der Waals surface area contributed by atoms with E-state index in [0.29, 0.717) is 23.5 Å². The summed E-state index contributed by atoms with van der Waals surface area (Å²) < 4.78 is 5.19. The Labute approximate surface area is 129 Å². The second kappa shape index (κ2) is 6.05. The minimum Gasteiger partial charge on any atom is -0.495 e. The van der Waals surface area contributed by atoms with Gasteiger partial charge in [0.2, 0.25) is 5.91 Å². The van der Waals surface area contributed by atoms with E-state index in [2.05, 4.69) is 31.4 Å². The lowest BCUT2D eigenvalue weighted by molar-refractivity contribution is -0.125. The molecule has 0 aromatic carbocycles. The van der Waals surface area contributed by atoms with Gasteiger partial charge in [0.1, 0.15) is 10.6 Å². The summed E-state index contributed by atoms with van der Waals surface area (Å²) in [7, 11) is 1.55. The SMILES string of the molecule is COc1ccsc1C(=O)N[C@@H]1CCC(=O)N[C@H]1C(C)(C)C. The van der Waals surface area contributed by atoms with Gasteiger partial charge < -0.3 is 15.4 Å². The summed E-state index contributed by atoms with van der Waals surface area (Å²) in [6.45, 7) is 6.19. The third-order valence-electron chi connectivity index (χ3n) is 3.71. The number of amides is 2. The number of carbonyl (C=O) groups is 2. The molecule has 1 aromatic heterocycles. The van der Waals surface area contributed by atoms with E-state index >= 15 is 0 Å². The molecule has 2 amide bonds. The molecule has 116 valence electrons. The molecule has 0 saturated carbocycles. The van der Waals surface area contributed by atoms with E-state index in [1.807, 2.05) is 5.38 Å². The molecule has 1 aliphatic rings. The molecule has 1 saturated heterocycles. The number of rotatable bonds is 3. The van der Waals surface area contributed by atoms with Gasteiger partial charge in [-0.1, -0.05) is 20.8 Å². The normalized spacial score (nSPS) is 22.6. The van der Waals surface area contributed by atoms with E-state index in [1.54, 1.807) is 13.2 Å². The maximum atomic E-state index is 12.4. The molecule has 2 rings (SSSR count). The van der Waals surface area contributed by atoms with E-state index in [0.717, 1.165) is 0 Å². The van der Waals surface area contributed by atoms with Crippen molar-refractivity contribution in [2.75, 3.05) is 7.11 Å². The molecule has 0 aliphatic carbocycles. The number of piperidine rings is 1. The zero-order valence-electron chi connectivity index (χ0n) is 12.9. The molecule has 2 N–H and O–H groups in total. The second-order valence-corrected chi connectivity index (χ2v) is 7.26. The number of hydrogen-bond donors (Lipinski definition) is 2. The number of hydrogen-bond acceptors (Lipinski definition) is 4. The van der Waals surface area contributed by atoms with Gasteiger partial charge in [-0.2, -0.15) is 0 Å². The number of nitrogens with one attached hydrogen (secondary N) is 2. The van der Waals surface area contributed by atoms with Crippen LogP contribution in [0.3, 0.4) is 0 Å². The number of thiophene rings is 1. The molecule has 0 unspecified atom stereocenters. The highest BCUT2D eigenvalue weighted by Gasteiger charge is 2.38. The average Bonchev–Trinajstić information content (AvgIpc) is 2.88. The van der Waals surface area contributed by atoms with Crippen LogP contribution in [-0.2, 0) is 4.79 Å². The molecule has 5 nitrogen and oxygen atoms in total. The van der Waals surface area contributed by atoms with Gasteiger partial charge in [-0.15, -0.1) is 11.3 Å². The van der Waals surface area contributed by atoms with Crippen molar-refractivity contribution in [3.63, 3.8) is 0 Å². The van der Waals surface area contributed by atoms with Gasteiger partial charge in [-0.3, -0.25) is 9.59 Å². The van der Waals surface area contributed by atoms with Gasteiger partial charge in [0.05, 0.1) is 19.2 Å². The smallest absolute Gasteiger partial charge is 0.265 e. The minimum absolute atomic E-state index is 0.0501. The Bertz CT molecular complexity index is 533. The largest absolute Gasteiger partial charge is 0.495 e. The Kier molecular flexibility index (Phi) is 4.56. The lowest BCUT2D eigenvalue weighted by atomic mass is 9.78. The fourth-order valence-electron chi connectivity index (χ4n) is 2.63. The van der Waals surface area contributed by atoms with Crippen molar-refractivity contribution < 1.29 is 14.3 Å².